The number of hydrogen-bond acceptors (Lipinski definition) is 5. The molecule has 1 fully saturated rings. The summed E-state index contributed by atoms with van der Waals surface area (Å²) in [5.41, 5.74) is 0. The highest BCUT2D eigenvalue weighted by Crippen LogP contribution is 2.16. The van der Waals surface area contributed by atoms with Crippen molar-refractivity contribution in [1.29, 1.82) is 0 Å². The molecule has 1 aromatic heterocycles. The molecular weight excluding hydrogens is 218 g/mol. The highest BCUT2D eigenvalue weighted by molar-refractivity contribution is 5.81. The van der Waals surface area contributed by atoms with Gasteiger partial charge < -0.3 is 4.52 Å². The quantitative estimate of drug-likeness (QED) is 0.799. The lowest BCUT2D eigenvalue weighted by atomic mass is 9.99. The molecule has 5 heteroatoms. The Kier molecular flexibility index (Phi) is 3.57. The molecule has 0 aliphatic carbocycles. The Hall–Kier alpha value is -1.23. The summed E-state index contributed by atoms with van der Waals surface area (Å²) >= 11 is 0. The van der Waals surface area contributed by atoms with Gasteiger partial charge in [-0.2, -0.15) is 4.98 Å². The van der Waals surface area contributed by atoms with Crippen LogP contribution in [0, 0.1) is 5.92 Å². The van der Waals surface area contributed by atoms with Gasteiger partial charge in [-0.25, -0.2) is 0 Å². The Balaban J connectivity index is 1.94. The van der Waals surface area contributed by atoms with Crippen LogP contribution < -0.4 is 0 Å². The number of carbonyl (C=O) groups excluding carboxylic acids is 1. The lowest BCUT2D eigenvalue weighted by Crippen LogP contribution is -2.39. The fraction of sp³-hybridized carbons (Fsp3) is 0.750. The van der Waals surface area contributed by atoms with Crippen molar-refractivity contribution in [2.75, 3.05) is 13.1 Å². The van der Waals surface area contributed by atoms with E-state index in [1.807, 2.05) is 20.8 Å². The van der Waals surface area contributed by atoms with E-state index < -0.39 is 0 Å². The van der Waals surface area contributed by atoms with E-state index in [4.69, 9.17) is 4.52 Å². The smallest absolute Gasteiger partial charge is 0.229 e. The van der Waals surface area contributed by atoms with E-state index >= 15 is 0 Å². The lowest BCUT2D eigenvalue weighted by Gasteiger charge is -2.28. The fourth-order valence-electron chi connectivity index (χ4n) is 2.00. The van der Waals surface area contributed by atoms with Crippen molar-refractivity contribution < 1.29 is 9.32 Å². The average molecular weight is 237 g/mol. The molecule has 1 aromatic rings. The molecule has 94 valence electrons. The SMILES string of the molecule is CC1CN(Cc2noc(C(C)C)n2)CCC1=O. The van der Waals surface area contributed by atoms with Gasteiger partial charge in [0.05, 0.1) is 6.54 Å². The third-order valence-electron chi connectivity index (χ3n) is 3.10. The molecule has 0 N–H and O–H groups in total. The number of likely N-dealkylation sites (tertiary alicyclic amines) is 1. The largest absolute Gasteiger partial charge is 0.339 e. The van der Waals surface area contributed by atoms with Crippen molar-refractivity contribution in [3.63, 3.8) is 0 Å². The monoisotopic (exact) mass is 237 g/mol. The van der Waals surface area contributed by atoms with Gasteiger partial charge in [-0.1, -0.05) is 25.9 Å². The topological polar surface area (TPSA) is 59.2 Å². The molecule has 0 radical (unpaired) electrons. The molecule has 2 heterocycles. The van der Waals surface area contributed by atoms with E-state index in [1.165, 1.54) is 0 Å². The summed E-state index contributed by atoms with van der Waals surface area (Å²) in [7, 11) is 0. The van der Waals surface area contributed by atoms with E-state index in [2.05, 4.69) is 15.0 Å². The van der Waals surface area contributed by atoms with Gasteiger partial charge in [-0.05, 0) is 0 Å². The maximum Gasteiger partial charge on any atom is 0.229 e. The number of ketones is 1. The van der Waals surface area contributed by atoms with Crippen molar-refractivity contribution in [3.8, 4) is 0 Å². The molecule has 17 heavy (non-hydrogen) atoms. The van der Waals surface area contributed by atoms with Gasteiger partial charge in [0, 0.05) is 31.3 Å². The van der Waals surface area contributed by atoms with Gasteiger partial charge in [0.25, 0.3) is 0 Å². The Morgan fingerprint density at radius 2 is 2.29 bits per heavy atom. The molecule has 1 saturated heterocycles. The van der Waals surface area contributed by atoms with E-state index in [1.54, 1.807) is 0 Å². The highest BCUT2D eigenvalue weighted by atomic mass is 16.5. The van der Waals surface area contributed by atoms with E-state index in [0.717, 1.165) is 18.9 Å². The number of carbonyl (C=O) groups is 1. The maximum atomic E-state index is 11.4. The molecule has 0 aromatic carbocycles. The fourth-order valence-corrected chi connectivity index (χ4v) is 2.00. The second-order valence-corrected chi connectivity index (χ2v) is 5.06. The first-order chi connectivity index (χ1) is 8.06. The minimum atomic E-state index is 0.125. The summed E-state index contributed by atoms with van der Waals surface area (Å²) in [6.45, 7) is 8.30. The van der Waals surface area contributed by atoms with Gasteiger partial charge in [0.2, 0.25) is 5.89 Å². The predicted octanol–water partition coefficient (Wildman–Crippen LogP) is 1.60. The summed E-state index contributed by atoms with van der Waals surface area (Å²) < 4.78 is 5.16. The van der Waals surface area contributed by atoms with Gasteiger partial charge in [0.1, 0.15) is 5.78 Å². The molecule has 1 aliphatic rings. The van der Waals surface area contributed by atoms with Crippen LogP contribution in [0.3, 0.4) is 0 Å². The first-order valence-electron chi connectivity index (χ1n) is 6.14. The Morgan fingerprint density at radius 1 is 1.53 bits per heavy atom. The van der Waals surface area contributed by atoms with Gasteiger partial charge >= 0.3 is 0 Å². The number of piperidine rings is 1. The summed E-state index contributed by atoms with van der Waals surface area (Å²) in [6, 6.07) is 0. The summed E-state index contributed by atoms with van der Waals surface area (Å²) in [5, 5.41) is 3.96. The minimum absolute atomic E-state index is 0.125. The van der Waals surface area contributed by atoms with Crippen LogP contribution in [0.25, 0.3) is 0 Å². The predicted molar refractivity (Wildman–Crippen MR) is 62.5 cm³/mol. The second-order valence-electron chi connectivity index (χ2n) is 5.06. The molecule has 1 atom stereocenters. The van der Waals surface area contributed by atoms with Crippen molar-refractivity contribution in [2.45, 2.75) is 39.7 Å². The number of rotatable bonds is 3. The van der Waals surface area contributed by atoms with Gasteiger partial charge in [-0.15, -0.1) is 0 Å². The van der Waals surface area contributed by atoms with Crippen molar-refractivity contribution in [2.24, 2.45) is 5.92 Å². The third kappa shape index (κ3) is 2.91. The zero-order chi connectivity index (χ0) is 12.4. The normalized spacial score (nSPS) is 22.4. The molecule has 0 bridgehead atoms. The van der Waals surface area contributed by atoms with Crippen molar-refractivity contribution in [3.05, 3.63) is 11.7 Å². The van der Waals surface area contributed by atoms with Crippen molar-refractivity contribution >= 4 is 5.78 Å². The standard InChI is InChI=1S/C12H19N3O2/c1-8(2)12-13-11(14-17-12)7-15-5-4-10(16)9(3)6-15/h8-9H,4-7H2,1-3H3. The molecule has 2 rings (SSSR count). The van der Waals surface area contributed by atoms with Crippen LogP contribution in [-0.2, 0) is 11.3 Å². The van der Waals surface area contributed by atoms with Crippen LogP contribution in [0.4, 0.5) is 0 Å². The first kappa shape index (κ1) is 12.2. The molecule has 0 amide bonds. The van der Waals surface area contributed by atoms with E-state index in [0.29, 0.717) is 24.6 Å². The molecule has 0 saturated carbocycles. The van der Waals surface area contributed by atoms with Crippen LogP contribution in [0.15, 0.2) is 4.52 Å². The zero-order valence-electron chi connectivity index (χ0n) is 10.6. The average Bonchev–Trinajstić information content (AvgIpc) is 2.72. The maximum absolute atomic E-state index is 11.4. The zero-order valence-corrected chi connectivity index (χ0v) is 10.6. The third-order valence-corrected chi connectivity index (χ3v) is 3.10. The molecular formula is C12H19N3O2. The van der Waals surface area contributed by atoms with Gasteiger partial charge in [0.15, 0.2) is 5.82 Å². The number of hydrogen-bond donors (Lipinski definition) is 0. The Bertz CT molecular complexity index is 400. The van der Waals surface area contributed by atoms with Crippen LogP contribution in [0.2, 0.25) is 0 Å². The molecule has 5 nitrogen and oxygen atoms in total. The summed E-state index contributed by atoms with van der Waals surface area (Å²) in [6.07, 6.45) is 0.635. The highest BCUT2D eigenvalue weighted by Gasteiger charge is 2.24. The Morgan fingerprint density at radius 3 is 2.88 bits per heavy atom. The van der Waals surface area contributed by atoms with Crippen LogP contribution >= 0.6 is 0 Å². The van der Waals surface area contributed by atoms with Crippen LogP contribution in [-0.4, -0.2) is 33.9 Å². The summed E-state index contributed by atoms with van der Waals surface area (Å²) in [5.74, 6) is 2.15. The minimum Gasteiger partial charge on any atom is -0.339 e. The van der Waals surface area contributed by atoms with Gasteiger partial charge in [-0.3, -0.25) is 9.69 Å². The van der Waals surface area contributed by atoms with Crippen molar-refractivity contribution in [1.82, 2.24) is 15.0 Å². The number of aromatic nitrogens is 2. The van der Waals surface area contributed by atoms with E-state index in [9.17, 15) is 4.79 Å². The van der Waals surface area contributed by atoms with Crippen LogP contribution in [0.5, 0.6) is 0 Å². The molecule has 1 aliphatic heterocycles. The Labute approximate surface area is 101 Å². The molecule has 1 unspecified atom stereocenters. The number of Topliss-reactive ketones (excluding diaryl/α,β-unsaturated/α-hetero) is 1. The molecule has 0 spiro atoms. The first-order valence-corrected chi connectivity index (χ1v) is 6.14. The van der Waals surface area contributed by atoms with E-state index in [-0.39, 0.29) is 11.8 Å². The summed E-state index contributed by atoms with van der Waals surface area (Å²) in [4.78, 5) is 18.0. The second kappa shape index (κ2) is 4.96. The van der Waals surface area contributed by atoms with Crippen LogP contribution in [0.1, 0.15) is 44.8 Å². The number of nitrogens with zero attached hydrogens (tertiary/aromatic N) is 3. The lowest BCUT2D eigenvalue weighted by molar-refractivity contribution is -0.125.